The van der Waals surface area contributed by atoms with Gasteiger partial charge < -0.3 is 4.90 Å². The molecule has 0 aromatic rings. The van der Waals surface area contributed by atoms with Gasteiger partial charge in [0, 0.05) is 11.8 Å². The van der Waals surface area contributed by atoms with Crippen LogP contribution in [0.3, 0.4) is 0 Å². The SMILES string of the molecule is C=CCN1C(=NC(=O)CCl)S[C@@H]2CS(=O)(=O)C[C@@H]21. The Balaban J connectivity index is 2.24. The Bertz CT molecular complexity index is 503. The quantitative estimate of drug-likeness (QED) is 0.561. The summed E-state index contributed by atoms with van der Waals surface area (Å²) in [4.78, 5) is 17.0. The average molecular weight is 309 g/mol. The minimum absolute atomic E-state index is 0.0446. The van der Waals surface area contributed by atoms with E-state index >= 15 is 0 Å². The molecule has 2 atom stereocenters. The molecular formula is C10H13ClN2O3S2. The highest BCUT2D eigenvalue weighted by Crippen LogP contribution is 2.37. The van der Waals surface area contributed by atoms with E-state index in [9.17, 15) is 13.2 Å². The summed E-state index contributed by atoms with van der Waals surface area (Å²) in [6, 6.07) is -0.111. The minimum Gasteiger partial charge on any atom is -0.342 e. The molecule has 0 aliphatic carbocycles. The lowest BCUT2D eigenvalue weighted by molar-refractivity contribution is -0.115. The van der Waals surface area contributed by atoms with E-state index in [1.165, 1.54) is 11.8 Å². The number of amidine groups is 1. The van der Waals surface area contributed by atoms with Crippen molar-refractivity contribution in [1.82, 2.24) is 4.90 Å². The predicted molar refractivity (Wildman–Crippen MR) is 73.9 cm³/mol. The molecule has 2 aliphatic heterocycles. The molecule has 0 unspecified atom stereocenters. The normalized spacial score (nSPS) is 31.6. The van der Waals surface area contributed by atoms with Crippen LogP contribution in [0.15, 0.2) is 17.6 Å². The average Bonchev–Trinajstić information content (AvgIpc) is 2.73. The Labute approximate surface area is 115 Å². The van der Waals surface area contributed by atoms with Crippen molar-refractivity contribution in [3.8, 4) is 0 Å². The van der Waals surface area contributed by atoms with Gasteiger partial charge in [-0.15, -0.1) is 18.2 Å². The number of sulfone groups is 1. The van der Waals surface area contributed by atoms with Gasteiger partial charge in [0.05, 0.1) is 17.5 Å². The number of alkyl halides is 1. The van der Waals surface area contributed by atoms with Crippen molar-refractivity contribution in [3.63, 3.8) is 0 Å². The smallest absolute Gasteiger partial charge is 0.262 e. The van der Waals surface area contributed by atoms with Crippen molar-refractivity contribution < 1.29 is 13.2 Å². The molecule has 2 heterocycles. The maximum absolute atomic E-state index is 11.6. The van der Waals surface area contributed by atoms with Crippen molar-refractivity contribution >= 4 is 44.3 Å². The van der Waals surface area contributed by atoms with E-state index in [4.69, 9.17) is 11.6 Å². The van der Waals surface area contributed by atoms with E-state index in [2.05, 4.69) is 11.6 Å². The number of fused-ring (bicyclic) bond motifs is 1. The van der Waals surface area contributed by atoms with Crippen molar-refractivity contribution in [2.24, 2.45) is 4.99 Å². The first-order chi connectivity index (χ1) is 8.46. The number of halogens is 1. The zero-order chi connectivity index (χ0) is 13.3. The highest BCUT2D eigenvalue weighted by atomic mass is 35.5. The van der Waals surface area contributed by atoms with Crippen molar-refractivity contribution in [3.05, 3.63) is 12.7 Å². The summed E-state index contributed by atoms with van der Waals surface area (Å²) in [7, 11) is -2.98. The molecular weight excluding hydrogens is 296 g/mol. The summed E-state index contributed by atoms with van der Waals surface area (Å²) < 4.78 is 23.2. The van der Waals surface area contributed by atoms with Crippen LogP contribution in [0, 0.1) is 0 Å². The maximum Gasteiger partial charge on any atom is 0.262 e. The van der Waals surface area contributed by atoms with Crippen LogP contribution in [0.1, 0.15) is 0 Å². The second kappa shape index (κ2) is 5.22. The van der Waals surface area contributed by atoms with E-state index in [0.717, 1.165) is 0 Å². The molecule has 0 N–H and O–H groups in total. The molecule has 0 bridgehead atoms. The summed E-state index contributed by atoms with van der Waals surface area (Å²) in [5.74, 6) is -0.313. The van der Waals surface area contributed by atoms with Crippen LogP contribution in [-0.4, -0.2) is 59.6 Å². The molecule has 2 rings (SSSR count). The number of carbonyl (C=O) groups excluding carboxylic acids is 1. The van der Waals surface area contributed by atoms with Gasteiger partial charge in [-0.3, -0.25) is 4.79 Å². The third kappa shape index (κ3) is 2.73. The fourth-order valence-electron chi connectivity index (χ4n) is 2.12. The molecule has 0 aromatic heterocycles. The van der Waals surface area contributed by atoms with Gasteiger partial charge in [-0.2, -0.15) is 4.99 Å². The van der Waals surface area contributed by atoms with Crippen LogP contribution in [-0.2, 0) is 14.6 Å². The first-order valence-corrected chi connectivity index (χ1v) is 8.62. The largest absolute Gasteiger partial charge is 0.342 e. The molecule has 2 fully saturated rings. The van der Waals surface area contributed by atoms with Gasteiger partial charge in [0.2, 0.25) is 0 Å². The number of carbonyl (C=O) groups is 1. The van der Waals surface area contributed by atoms with E-state index in [-0.39, 0.29) is 28.7 Å². The molecule has 0 spiro atoms. The summed E-state index contributed by atoms with van der Waals surface area (Å²) in [5.41, 5.74) is 0. The number of aliphatic imine (C=N–C) groups is 1. The third-order valence-corrected chi connectivity index (χ3v) is 6.31. The van der Waals surface area contributed by atoms with E-state index in [1.807, 2.05) is 4.90 Å². The molecule has 5 nitrogen and oxygen atoms in total. The van der Waals surface area contributed by atoms with Crippen LogP contribution in [0.25, 0.3) is 0 Å². The predicted octanol–water partition coefficient (Wildman–Crippen LogP) is 0.508. The molecule has 0 saturated carbocycles. The molecule has 8 heteroatoms. The molecule has 0 radical (unpaired) electrons. The lowest BCUT2D eigenvalue weighted by atomic mass is 10.2. The second-order valence-corrected chi connectivity index (χ2v) is 7.79. The van der Waals surface area contributed by atoms with Gasteiger partial charge >= 0.3 is 0 Å². The summed E-state index contributed by atoms with van der Waals surface area (Å²) in [6.45, 7) is 4.13. The Morgan fingerprint density at radius 3 is 2.94 bits per heavy atom. The molecule has 2 saturated heterocycles. The monoisotopic (exact) mass is 308 g/mol. The minimum atomic E-state index is -2.98. The fraction of sp³-hybridized carbons (Fsp3) is 0.600. The fourth-order valence-corrected chi connectivity index (χ4v) is 6.16. The molecule has 100 valence electrons. The Morgan fingerprint density at radius 2 is 2.33 bits per heavy atom. The lowest BCUT2D eigenvalue weighted by Crippen LogP contribution is -2.37. The van der Waals surface area contributed by atoms with E-state index in [1.54, 1.807) is 6.08 Å². The summed E-state index contributed by atoms with van der Waals surface area (Å²) in [6.07, 6.45) is 1.68. The third-order valence-electron chi connectivity index (χ3n) is 2.84. The van der Waals surface area contributed by atoms with Gasteiger partial charge in [0.15, 0.2) is 15.0 Å². The summed E-state index contributed by atoms with van der Waals surface area (Å²) >= 11 is 6.77. The molecule has 18 heavy (non-hydrogen) atoms. The number of amides is 1. The van der Waals surface area contributed by atoms with Gasteiger partial charge in [-0.25, -0.2) is 8.42 Å². The standard InChI is InChI=1S/C10H13ClN2O3S2/c1-2-3-13-7-5-18(15,16)6-8(7)17-10(13)12-9(14)4-11/h2,7-8H,1,3-6H2/t7-,8+/m0/s1. The van der Waals surface area contributed by atoms with E-state index < -0.39 is 15.7 Å². The van der Waals surface area contributed by atoms with Crippen LogP contribution in [0.5, 0.6) is 0 Å². The maximum atomic E-state index is 11.6. The van der Waals surface area contributed by atoms with Crippen molar-refractivity contribution in [1.29, 1.82) is 0 Å². The molecule has 1 amide bonds. The van der Waals surface area contributed by atoms with Crippen LogP contribution >= 0.6 is 23.4 Å². The first-order valence-electron chi connectivity index (χ1n) is 5.39. The number of rotatable bonds is 3. The van der Waals surface area contributed by atoms with Crippen LogP contribution in [0.4, 0.5) is 0 Å². The van der Waals surface area contributed by atoms with Gasteiger partial charge in [0.1, 0.15) is 5.88 Å². The van der Waals surface area contributed by atoms with Gasteiger partial charge in [-0.1, -0.05) is 17.8 Å². The summed E-state index contributed by atoms with van der Waals surface area (Å²) in [5, 5.41) is 0.516. The molecule has 2 aliphatic rings. The van der Waals surface area contributed by atoms with Crippen molar-refractivity contribution in [2.45, 2.75) is 11.3 Å². The number of nitrogens with zero attached hydrogens (tertiary/aromatic N) is 2. The number of thioether (sulfide) groups is 1. The Hall–Kier alpha value is -0.530. The van der Waals surface area contributed by atoms with Crippen molar-refractivity contribution in [2.75, 3.05) is 23.9 Å². The van der Waals surface area contributed by atoms with Crippen LogP contribution in [0.2, 0.25) is 0 Å². The molecule has 0 aromatic carbocycles. The van der Waals surface area contributed by atoms with E-state index in [0.29, 0.717) is 11.7 Å². The topological polar surface area (TPSA) is 66.8 Å². The Kier molecular flexibility index (Phi) is 4.03. The highest BCUT2D eigenvalue weighted by molar-refractivity contribution is 8.15. The lowest BCUT2D eigenvalue weighted by Gasteiger charge is -2.22. The highest BCUT2D eigenvalue weighted by Gasteiger charge is 2.48. The zero-order valence-electron chi connectivity index (χ0n) is 9.58. The van der Waals surface area contributed by atoms with Gasteiger partial charge in [-0.05, 0) is 0 Å². The second-order valence-electron chi connectivity index (χ2n) is 4.16. The number of hydrogen-bond donors (Lipinski definition) is 0. The first kappa shape index (κ1) is 13.9. The Morgan fingerprint density at radius 1 is 1.61 bits per heavy atom. The number of hydrogen-bond acceptors (Lipinski definition) is 4. The zero-order valence-corrected chi connectivity index (χ0v) is 12.0. The van der Waals surface area contributed by atoms with Crippen LogP contribution < -0.4 is 0 Å². The van der Waals surface area contributed by atoms with Gasteiger partial charge in [0.25, 0.3) is 5.91 Å².